The van der Waals surface area contributed by atoms with Gasteiger partial charge in [0.05, 0.1) is 12.0 Å². The second-order valence-corrected chi connectivity index (χ2v) is 4.20. The van der Waals surface area contributed by atoms with Gasteiger partial charge in [0, 0.05) is 24.4 Å². The van der Waals surface area contributed by atoms with E-state index in [1.165, 1.54) is 25.4 Å². The van der Waals surface area contributed by atoms with Crippen molar-refractivity contribution in [3.63, 3.8) is 0 Å². The Morgan fingerprint density at radius 3 is 2.82 bits per heavy atom. The molecule has 0 amide bonds. The minimum Gasteiger partial charge on any atom is -0.497 e. The fourth-order valence-electron chi connectivity index (χ4n) is 1.78. The number of benzene rings is 1. The predicted octanol–water partition coefficient (Wildman–Crippen LogP) is 2.95. The highest BCUT2D eigenvalue weighted by atomic mass is 19.3. The number of aromatic nitrogens is 2. The third kappa shape index (κ3) is 3.45. The summed E-state index contributed by atoms with van der Waals surface area (Å²) >= 11 is 0. The summed E-state index contributed by atoms with van der Waals surface area (Å²) in [6.07, 6.45) is -1.31. The molecule has 1 aromatic carbocycles. The van der Waals surface area contributed by atoms with Crippen LogP contribution >= 0.6 is 0 Å². The Hall–Kier alpha value is -2.78. The van der Waals surface area contributed by atoms with E-state index in [2.05, 4.69) is 10.4 Å². The summed E-state index contributed by atoms with van der Waals surface area (Å²) in [5.41, 5.74) is -0.978. The molecule has 0 aliphatic carbocycles. The number of nitrogens with zero attached hydrogens (tertiary/aromatic N) is 3. The number of halogens is 3. The number of nitrogens with one attached hydrogen (secondary N) is 1. The molecule has 0 aliphatic rings. The first-order valence-electron chi connectivity index (χ1n) is 6.01. The van der Waals surface area contributed by atoms with Crippen molar-refractivity contribution in [2.75, 3.05) is 12.4 Å². The molecular weight excluding hydrogens is 305 g/mol. The van der Waals surface area contributed by atoms with Crippen molar-refractivity contribution in [1.29, 1.82) is 0 Å². The Bertz CT molecular complexity index is 690. The lowest BCUT2D eigenvalue weighted by Gasteiger charge is -2.08. The summed E-state index contributed by atoms with van der Waals surface area (Å²) < 4.78 is 44.0. The first kappa shape index (κ1) is 15.6. The quantitative estimate of drug-likeness (QED) is 0.654. The number of hydrogen-bond donors (Lipinski definition) is 1. The van der Waals surface area contributed by atoms with Gasteiger partial charge in [0.25, 0.3) is 6.43 Å². The molecule has 0 aliphatic heterocycles. The van der Waals surface area contributed by atoms with Gasteiger partial charge < -0.3 is 10.1 Å². The van der Waals surface area contributed by atoms with Crippen LogP contribution in [-0.2, 0) is 6.54 Å². The van der Waals surface area contributed by atoms with E-state index in [-0.39, 0.29) is 17.3 Å². The van der Waals surface area contributed by atoms with Crippen LogP contribution in [0.15, 0.2) is 24.4 Å². The fourth-order valence-corrected chi connectivity index (χ4v) is 1.78. The van der Waals surface area contributed by atoms with Crippen LogP contribution in [0.4, 0.5) is 30.4 Å². The Kier molecular flexibility index (Phi) is 4.49. The van der Waals surface area contributed by atoms with Crippen molar-refractivity contribution in [2.24, 2.45) is 0 Å². The molecule has 0 saturated heterocycles. The maximum Gasteiger partial charge on any atom is 0.328 e. The second-order valence-electron chi connectivity index (χ2n) is 4.20. The molecule has 1 N–H and O–H groups in total. The average molecular weight is 316 g/mol. The van der Waals surface area contributed by atoms with E-state index in [1.807, 2.05) is 0 Å². The number of nitro benzene ring substituents is 1. The number of rotatable bonds is 6. The van der Waals surface area contributed by atoms with E-state index >= 15 is 0 Å². The van der Waals surface area contributed by atoms with Crippen molar-refractivity contribution in [2.45, 2.75) is 13.0 Å². The van der Waals surface area contributed by atoms with Gasteiger partial charge in [-0.2, -0.15) is 9.49 Å². The van der Waals surface area contributed by atoms with Crippen LogP contribution in [0.2, 0.25) is 0 Å². The van der Waals surface area contributed by atoms with Crippen LogP contribution < -0.4 is 10.1 Å². The summed E-state index contributed by atoms with van der Waals surface area (Å²) in [5, 5.41) is 17.2. The number of methoxy groups -OCH3 is 1. The number of anilines is 2. The lowest BCUT2D eigenvalue weighted by atomic mass is 10.2. The highest BCUT2D eigenvalue weighted by molar-refractivity contribution is 5.70. The number of hydrogen-bond acceptors (Lipinski definition) is 5. The average Bonchev–Trinajstić information content (AvgIpc) is 2.83. The Morgan fingerprint density at radius 1 is 1.50 bits per heavy atom. The van der Waals surface area contributed by atoms with E-state index in [1.54, 1.807) is 0 Å². The normalized spacial score (nSPS) is 10.8. The second kappa shape index (κ2) is 6.33. The van der Waals surface area contributed by atoms with Gasteiger partial charge in [-0.15, -0.1) is 0 Å². The fraction of sp³-hybridized carbons (Fsp3) is 0.250. The van der Waals surface area contributed by atoms with Crippen LogP contribution in [0.5, 0.6) is 5.75 Å². The van der Waals surface area contributed by atoms with Crippen molar-refractivity contribution < 1.29 is 22.8 Å². The topological polar surface area (TPSA) is 82.2 Å². The van der Waals surface area contributed by atoms with Gasteiger partial charge in [0.15, 0.2) is 5.82 Å². The summed E-state index contributed by atoms with van der Waals surface area (Å²) in [6.45, 7) is -0.615. The highest BCUT2D eigenvalue weighted by Crippen LogP contribution is 2.34. The van der Waals surface area contributed by atoms with Gasteiger partial charge in [0.1, 0.15) is 18.0 Å². The zero-order valence-electron chi connectivity index (χ0n) is 11.3. The van der Waals surface area contributed by atoms with Crippen molar-refractivity contribution in [3.8, 4) is 5.75 Å². The Labute approximate surface area is 122 Å². The monoisotopic (exact) mass is 316 g/mol. The third-order valence-electron chi connectivity index (χ3n) is 2.68. The van der Waals surface area contributed by atoms with E-state index in [0.717, 1.165) is 10.7 Å². The van der Waals surface area contributed by atoms with Gasteiger partial charge >= 0.3 is 5.69 Å². The van der Waals surface area contributed by atoms with Crippen LogP contribution in [0.3, 0.4) is 0 Å². The van der Waals surface area contributed by atoms with Gasteiger partial charge in [-0.25, -0.2) is 8.78 Å². The smallest absolute Gasteiger partial charge is 0.328 e. The molecule has 118 valence electrons. The van der Waals surface area contributed by atoms with Gasteiger partial charge in [-0.3, -0.25) is 14.8 Å². The number of nitro groups is 1. The molecule has 2 aromatic rings. The lowest BCUT2D eigenvalue weighted by molar-refractivity contribution is -0.386. The maximum absolute atomic E-state index is 13.7. The van der Waals surface area contributed by atoms with E-state index in [0.29, 0.717) is 0 Å². The summed E-state index contributed by atoms with van der Waals surface area (Å²) in [6, 6.07) is 3.43. The Balaban J connectivity index is 2.33. The molecule has 0 fully saturated rings. The summed E-state index contributed by atoms with van der Waals surface area (Å²) in [4.78, 5) is 10.0. The molecule has 1 heterocycles. The third-order valence-corrected chi connectivity index (χ3v) is 2.68. The largest absolute Gasteiger partial charge is 0.497 e. The minimum atomic E-state index is -2.59. The van der Waals surface area contributed by atoms with Crippen LogP contribution in [0.1, 0.15) is 0 Å². The first-order chi connectivity index (χ1) is 10.4. The summed E-state index contributed by atoms with van der Waals surface area (Å²) in [5.74, 6) is -0.951. The van der Waals surface area contributed by atoms with Gasteiger partial charge in [-0.1, -0.05) is 0 Å². The van der Waals surface area contributed by atoms with Crippen LogP contribution in [-0.4, -0.2) is 28.2 Å². The van der Waals surface area contributed by atoms with Crippen molar-refractivity contribution >= 4 is 17.2 Å². The van der Waals surface area contributed by atoms with Crippen molar-refractivity contribution in [1.82, 2.24) is 9.78 Å². The van der Waals surface area contributed by atoms with Gasteiger partial charge in [-0.05, 0) is 0 Å². The molecule has 0 spiro atoms. The van der Waals surface area contributed by atoms with E-state index < -0.39 is 29.4 Å². The molecule has 2 rings (SSSR count). The SMILES string of the molecule is COc1cc(F)c([N+](=O)[O-])c(Nc2ccn(CC(F)F)n2)c1. The first-order valence-corrected chi connectivity index (χ1v) is 6.01. The molecule has 1 aromatic heterocycles. The van der Waals surface area contributed by atoms with Crippen molar-refractivity contribution in [3.05, 3.63) is 40.3 Å². The molecule has 0 unspecified atom stereocenters. The standard InChI is InChI=1S/C12H11F3N4O3/c1-22-7-4-8(13)12(19(20)21)9(5-7)16-11-2-3-18(17-11)6-10(14)15/h2-5,10H,6H2,1H3,(H,16,17). The molecule has 10 heteroatoms. The zero-order chi connectivity index (χ0) is 16.3. The highest BCUT2D eigenvalue weighted by Gasteiger charge is 2.23. The van der Waals surface area contributed by atoms with Crippen LogP contribution in [0.25, 0.3) is 0 Å². The Morgan fingerprint density at radius 2 is 2.23 bits per heavy atom. The molecule has 22 heavy (non-hydrogen) atoms. The summed E-state index contributed by atoms with van der Waals surface area (Å²) in [7, 11) is 1.28. The molecule has 0 radical (unpaired) electrons. The minimum absolute atomic E-state index is 0.0661. The maximum atomic E-state index is 13.7. The zero-order valence-corrected chi connectivity index (χ0v) is 11.3. The molecule has 0 bridgehead atoms. The number of ether oxygens (including phenoxy) is 1. The predicted molar refractivity (Wildman–Crippen MR) is 71.1 cm³/mol. The van der Waals surface area contributed by atoms with E-state index in [9.17, 15) is 23.3 Å². The molecule has 7 nitrogen and oxygen atoms in total. The molecule has 0 saturated carbocycles. The number of alkyl halides is 2. The molecule has 0 atom stereocenters. The van der Waals surface area contributed by atoms with Crippen LogP contribution in [0, 0.1) is 15.9 Å². The van der Waals surface area contributed by atoms with Gasteiger partial charge in [0.2, 0.25) is 5.82 Å². The van der Waals surface area contributed by atoms with E-state index in [4.69, 9.17) is 4.74 Å². The molecular formula is C12H11F3N4O3. The lowest BCUT2D eigenvalue weighted by Crippen LogP contribution is -2.07.